The van der Waals surface area contributed by atoms with E-state index < -0.39 is 0 Å². The molecule has 0 aliphatic rings. The summed E-state index contributed by atoms with van der Waals surface area (Å²) in [4.78, 5) is 24.4. The monoisotopic (exact) mass is 373 g/mol. The minimum Gasteiger partial charge on any atom is -0.485 e. The van der Waals surface area contributed by atoms with Crippen molar-refractivity contribution in [1.29, 1.82) is 0 Å². The topological polar surface area (TPSA) is 88.8 Å². The molecule has 0 saturated heterocycles. The van der Waals surface area contributed by atoms with Gasteiger partial charge < -0.3 is 4.74 Å². The molecule has 0 saturated carbocycles. The van der Waals surface area contributed by atoms with Gasteiger partial charge in [0.2, 0.25) is 0 Å². The highest BCUT2D eigenvalue weighted by Gasteiger charge is 2.06. The summed E-state index contributed by atoms with van der Waals surface area (Å²) in [5, 5.41) is 4.12. The number of nitrogens with zero attached hydrogens (tertiary/aromatic N) is 4. The van der Waals surface area contributed by atoms with Crippen LogP contribution in [-0.4, -0.2) is 34.5 Å². The third kappa shape index (κ3) is 5.57. The van der Waals surface area contributed by atoms with Gasteiger partial charge in [0.1, 0.15) is 12.4 Å². The van der Waals surface area contributed by atoms with Crippen molar-refractivity contribution in [3.05, 3.63) is 90.0 Å². The molecule has 0 unspecified atom stereocenters. The average Bonchev–Trinajstić information content (AvgIpc) is 2.75. The van der Waals surface area contributed by atoms with Gasteiger partial charge >= 0.3 is 0 Å². The number of aromatic nitrogens is 2. The molecular formula is C21H19N5O2. The van der Waals surface area contributed by atoms with Gasteiger partial charge in [-0.15, -0.1) is 0 Å². The van der Waals surface area contributed by atoms with Crippen molar-refractivity contribution in [3.63, 3.8) is 0 Å². The first-order valence-corrected chi connectivity index (χ1v) is 8.62. The number of ether oxygens (including phenoxy) is 1. The maximum atomic E-state index is 12.2. The molecule has 1 aromatic carbocycles. The standard InChI is InChI=1S/C21H19N5O2/c1-16-4-2-3-5-19(16)28-15-20(24-14-17-6-10-22-11-7-17)25-26-21(27)18-8-12-23-13-9-18/h2-14H,15H2,1H3,(H,26,27)/b24-14?,25-20-. The van der Waals surface area contributed by atoms with E-state index in [0.717, 1.165) is 16.9 Å². The summed E-state index contributed by atoms with van der Waals surface area (Å²) in [6, 6.07) is 14.5. The van der Waals surface area contributed by atoms with Gasteiger partial charge in [-0.05, 0) is 48.4 Å². The number of aryl methyl sites for hydroxylation is 1. The van der Waals surface area contributed by atoms with E-state index in [1.807, 2.05) is 43.3 Å². The lowest BCUT2D eigenvalue weighted by atomic mass is 10.2. The van der Waals surface area contributed by atoms with Gasteiger partial charge in [-0.25, -0.2) is 10.4 Å². The Balaban J connectivity index is 1.74. The van der Waals surface area contributed by atoms with Crippen LogP contribution in [0, 0.1) is 6.92 Å². The molecule has 3 rings (SSSR count). The molecule has 0 radical (unpaired) electrons. The van der Waals surface area contributed by atoms with Crippen LogP contribution in [0.1, 0.15) is 21.5 Å². The second kappa shape index (κ2) is 9.72. The van der Waals surface area contributed by atoms with Gasteiger partial charge in [0.15, 0.2) is 5.84 Å². The summed E-state index contributed by atoms with van der Waals surface area (Å²) in [7, 11) is 0. The Hall–Kier alpha value is -3.87. The van der Waals surface area contributed by atoms with Crippen molar-refractivity contribution in [2.75, 3.05) is 6.61 Å². The molecule has 0 fully saturated rings. The van der Waals surface area contributed by atoms with Crippen LogP contribution < -0.4 is 10.2 Å². The molecule has 2 aromatic heterocycles. The Morgan fingerprint density at radius 1 is 1.04 bits per heavy atom. The number of amidine groups is 1. The lowest BCUT2D eigenvalue weighted by molar-refractivity contribution is 0.0954. The summed E-state index contributed by atoms with van der Waals surface area (Å²) < 4.78 is 5.81. The van der Waals surface area contributed by atoms with Crippen LogP contribution >= 0.6 is 0 Å². The first-order valence-electron chi connectivity index (χ1n) is 8.62. The lowest BCUT2D eigenvalue weighted by Gasteiger charge is -2.08. The van der Waals surface area contributed by atoms with E-state index in [4.69, 9.17) is 4.74 Å². The number of benzene rings is 1. The number of amides is 1. The third-order valence-corrected chi connectivity index (χ3v) is 3.75. The Bertz CT molecular complexity index is 972. The van der Waals surface area contributed by atoms with Crippen molar-refractivity contribution in [3.8, 4) is 5.75 Å². The molecule has 1 amide bonds. The molecule has 3 aromatic rings. The number of rotatable bonds is 6. The maximum Gasteiger partial charge on any atom is 0.271 e. The normalized spacial score (nSPS) is 11.4. The number of nitrogens with one attached hydrogen (secondary N) is 1. The van der Waals surface area contributed by atoms with Crippen LogP contribution in [0.5, 0.6) is 5.75 Å². The van der Waals surface area contributed by atoms with Crippen LogP contribution in [0.4, 0.5) is 0 Å². The van der Waals surface area contributed by atoms with Gasteiger partial charge in [0.25, 0.3) is 5.91 Å². The van der Waals surface area contributed by atoms with Crippen molar-refractivity contribution in [1.82, 2.24) is 15.4 Å². The zero-order chi connectivity index (χ0) is 19.6. The summed E-state index contributed by atoms with van der Waals surface area (Å²) in [5.41, 5.74) is 4.82. The number of para-hydroxylation sites is 1. The highest BCUT2D eigenvalue weighted by Crippen LogP contribution is 2.16. The molecule has 140 valence electrons. The number of aliphatic imine (C=N–C) groups is 1. The fourth-order valence-corrected chi connectivity index (χ4v) is 2.24. The Morgan fingerprint density at radius 3 is 2.43 bits per heavy atom. The van der Waals surface area contributed by atoms with Crippen molar-refractivity contribution >= 4 is 18.0 Å². The Morgan fingerprint density at radius 2 is 1.71 bits per heavy atom. The summed E-state index contributed by atoms with van der Waals surface area (Å²) in [6.45, 7) is 2.06. The van der Waals surface area contributed by atoms with Crippen LogP contribution in [0.2, 0.25) is 0 Å². The highest BCUT2D eigenvalue weighted by molar-refractivity contribution is 5.98. The maximum absolute atomic E-state index is 12.2. The molecule has 0 bridgehead atoms. The van der Waals surface area contributed by atoms with Gasteiger partial charge in [-0.1, -0.05) is 18.2 Å². The van der Waals surface area contributed by atoms with E-state index in [9.17, 15) is 4.79 Å². The number of carbonyl (C=O) groups excluding carboxylic acids is 1. The van der Waals surface area contributed by atoms with E-state index >= 15 is 0 Å². The molecule has 1 N–H and O–H groups in total. The second-order valence-electron chi connectivity index (χ2n) is 5.80. The first kappa shape index (κ1) is 18.9. The molecule has 7 nitrogen and oxygen atoms in total. The molecule has 28 heavy (non-hydrogen) atoms. The van der Waals surface area contributed by atoms with Crippen LogP contribution in [-0.2, 0) is 0 Å². The first-order chi connectivity index (χ1) is 13.7. The third-order valence-electron chi connectivity index (χ3n) is 3.75. The van der Waals surface area contributed by atoms with Crippen LogP contribution in [0.3, 0.4) is 0 Å². The van der Waals surface area contributed by atoms with Gasteiger partial charge in [0, 0.05) is 36.6 Å². The van der Waals surface area contributed by atoms with Crippen molar-refractivity contribution in [2.24, 2.45) is 10.1 Å². The van der Waals surface area contributed by atoms with Crippen molar-refractivity contribution < 1.29 is 9.53 Å². The van der Waals surface area contributed by atoms with Gasteiger partial charge in [-0.2, -0.15) is 5.10 Å². The van der Waals surface area contributed by atoms with E-state index in [1.54, 1.807) is 43.1 Å². The quantitative estimate of drug-likeness (QED) is 0.409. The SMILES string of the molecule is Cc1ccccc1OC/C(N=Cc1ccncc1)=N/NC(=O)c1ccncc1. The van der Waals surface area contributed by atoms with E-state index in [1.165, 1.54) is 0 Å². The minimum atomic E-state index is -0.352. The Labute approximate surface area is 162 Å². The second-order valence-corrected chi connectivity index (χ2v) is 5.80. The van der Waals surface area contributed by atoms with Crippen LogP contribution in [0.15, 0.2) is 83.4 Å². The van der Waals surface area contributed by atoms with E-state index in [0.29, 0.717) is 11.4 Å². The smallest absolute Gasteiger partial charge is 0.271 e. The van der Waals surface area contributed by atoms with Crippen LogP contribution in [0.25, 0.3) is 0 Å². The highest BCUT2D eigenvalue weighted by atomic mass is 16.5. The molecule has 0 aliphatic heterocycles. The van der Waals surface area contributed by atoms with E-state index in [2.05, 4.69) is 25.5 Å². The minimum absolute atomic E-state index is 0.100. The summed E-state index contributed by atoms with van der Waals surface area (Å²) in [6.07, 6.45) is 8.07. The molecule has 7 heteroatoms. The molecule has 0 aliphatic carbocycles. The molecular weight excluding hydrogens is 354 g/mol. The van der Waals surface area contributed by atoms with Gasteiger partial charge in [0.05, 0.1) is 0 Å². The van der Waals surface area contributed by atoms with E-state index in [-0.39, 0.29) is 12.5 Å². The fourth-order valence-electron chi connectivity index (χ4n) is 2.24. The predicted octanol–water partition coefficient (Wildman–Crippen LogP) is 3.03. The average molecular weight is 373 g/mol. The number of hydrogen-bond donors (Lipinski definition) is 1. The number of hydrazone groups is 1. The lowest BCUT2D eigenvalue weighted by Crippen LogP contribution is -2.21. The molecule has 0 spiro atoms. The number of carbonyl (C=O) groups is 1. The molecule has 2 heterocycles. The zero-order valence-corrected chi connectivity index (χ0v) is 15.3. The fraction of sp³-hybridized carbons (Fsp3) is 0.0952. The number of hydrogen-bond acceptors (Lipinski definition) is 5. The van der Waals surface area contributed by atoms with Crippen molar-refractivity contribution in [2.45, 2.75) is 6.92 Å². The van der Waals surface area contributed by atoms with Gasteiger partial charge in [-0.3, -0.25) is 14.8 Å². The predicted molar refractivity (Wildman–Crippen MR) is 108 cm³/mol. The summed E-state index contributed by atoms with van der Waals surface area (Å²) >= 11 is 0. The number of pyridine rings is 2. The zero-order valence-electron chi connectivity index (χ0n) is 15.3. The summed E-state index contributed by atoms with van der Waals surface area (Å²) in [5.74, 6) is 0.701. The largest absolute Gasteiger partial charge is 0.485 e. The molecule has 0 atom stereocenters. The Kier molecular flexibility index (Phi) is 6.57.